The maximum Gasteiger partial charge on any atom is 0.474 e. The van der Waals surface area contributed by atoms with Gasteiger partial charge >= 0.3 is 13.8 Å². The summed E-state index contributed by atoms with van der Waals surface area (Å²) in [5, 5.41) is 0. The van der Waals surface area contributed by atoms with Crippen LogP contribution in [0.15, 0.2) is 0 Å². The van der Waals surface area contributed by atoms with E-state index in [1.165, 1.54) is 39.2 Å². The minimum atomic E-state index is -3.73. The zero-order valence-electron chi connectivity index (χ0n) is 22.9. The molecule has 0 rings (SSSR count). The van der Waals surface area contributed by atoms with E-state index < -0.39 is 13.9 Å². The van der Waals surface area contributed by atoms with Crippen molar-refractivity contribution >= 4 is 13.8 Å². The van der Waals surface area contributed by atoms with Crippen LogP contribution in [0, 0.1) is 0 Å². The number of carbonyl (C=O) groups excluding carboxylic acids is 1. The minimum absolute atomic E-state index is 0.104. The number of phosphoric acid groups is 1. The Morgan fingerprint density at radius 2 is 1.38 bits per heavy atom. The fraction of sp³-hybridized carbons (Fsp3) is 0.960. The number of nitrogens with zero attached hydrogens (tertiary/aromatic N) is 1. The van der Waals surface area contributed by atoms with Gasteiger partial charge in [0.15, 0.2) is 0 Å². The number of quaternary nitrogens is 1. The zero-order chi connectivity index (χ0) is 25.7. The molecule has 8 nitrogen and oxygen atoms in total. The van der Waals surface area contributed by atoms with Gasteiger partial charge in [-0.25, -0.2) is 4.57 Å². The van der Waals surface area contributed by atoms with Crippen LogP contribution in [0.3, 0.4) is 0 Å². The van der Waals surface area contributed by atoms with Crippen LogP contribution in [-0.4, -0.2) is 77.8 Å². The summed E-state index contributed by atoms with van der Waals surface area (Å²) in [5.41, 5.74) is 0. The van der Waals surface area contributed by atoms with Crippen LogP contribution in [0.4, 0.5) is 0 Å². The lowest BCUT2D eigenvalue weighted by Crippen LogP contribution is -2.37. The van der Waals surface area contributed by atoms with Gasteiger partial charge in [-0.05, 0) is 12.8 Å². The van der Waals surface area contributed by atoms with Gasteiger partial charge in [0.2, 0.25) is 0 Å². The third-order valence-electron chi connectivity index (χ3n) is 5.38. The quantitative estimate of drug-likeness (QED) is 0.0669. The van der Waals surface area contributed by atoms with Crippen LogP contribution in [0.1, 0.15) is 90.9 Å². The van der Waals surface area contributed by atoms with Gasteiger partial charge in [-0.2, -0.15) is 0 Å². The summed E-state index contributed by atoms with van der Waals surface area (Å²) in [4.78, 5) is 12.3. The molecule has 0 saturated heterocycles. The Labute approximate surface area is 209 Å². The molecular weight excluding hydrogens is 457 g/mol. The smallest absolute Gasteiger partial charge is 0.457 e. The number of esters is 1. The van der Waals surface area contributed by atoms with Gasteiger partial charge in [-0.15, -0.1) is 0 Å². The Morgan fingerprint density at radius 1 is 0.794 bits per heavy atom. The highest BCUT2D eigenvalue weighted by Gasteiger charge is 2.29. The van der Waals surface area contributed by atoms with Gasteiger partial charge in [0, 0.05) is 20.1 Å². The number of unbranched alkanes of at least 4 members (excludes halogenated alkanes) is 9. The molecule has 0 aliphatic heterocycles. The second-order valence-corrected chi connectivity index (χ2v) is 11.7. The number of carbonyl (C=O) groups is 1. The van der Waals surface area contributed by atoms with E-state index in [0.717, 1.165) is 38.5 Å². The normalized spacial score (nSPS) is 14.6. The van der Waals surface area contributed by atoms with Crippen LogP contribution in [-0.2, 0) is 32.4 Å². The molecule has 0 saturated carbocycles. The molecule has 0 spiro atoms. The van der Waals surface area contributed by atoms with E-state index in [1.807, 2.05) is 21.1 Å². The zero-order valence-corrected chi connectivity index (χ0v) is 23.7. The molecule has 0 bridgehead atoms. The first kappa shape index (κ1) is 33.5. The molecule has 0 N–H and O–H groups in total. The van der Waals surface area contributed by atoms with E-state index in [-0.39, 0.29) is 25.8 Å². The van der Waals surface area contributed by atoms with Crippen molar-refractivity contribution in [2.75, 3.05) is 61.2 Å². The lowest BCUT2D eigenvalue weighted by molar-refractivity contribution is -0.870. The molecule has 9 heteroatoms. The van der Waals surface area contributed by atoms with Crippen molar-refractivity contribution in [3.63, 3.8) is 0 Å². The predicted octanol–water partition coefficient (Wildman–Crippen LogP) is 6.13. The highest BCUT2D eigenvalue weighted by Crippen LogP contribution is 2.48. The SMILES string of the molecule is CCCCCCCCOCC(COP(=O)(OC)OCC[N+](C)(C)C)OC(=O)CCCCCCC. The Balaban J connectivity index is 4.59. The summed E-state index contributed by atoms with van der Waals surface area (Å²) >= 11 is 0. The van der Waals surface area contributed by atoms with Gasteiger partial charge in [-0.3, -0.25) is 18.4 Å². The van der Waals surface area contributed by atoms with E-state index in [2.05, 4.69) is 13.8 Å². The Morgan fingerprint density at radius 3 is 1.97 bits per heavy atom. The largest absolute Gasteiger partial charge is 0.474 e. The predicted molar refractivity (Wildman–Crippen MR) is 137 cm³/mol. The van der Waals surface area contributed by atoms with Crippen molar-refractivity contribution in [3.8, 4) is 0 Å². The summed E-state index contributed by atoms with van der Waals surface area (Å²) in [7, 11) is 3.60. The minimum Gasteiger partial charge on any atom is -0.457 e. The molecule has 2 unspecified atom stereocenters. The molecule has 0 aliphatic carbocycles. The average Bonchev–Trinajstić information content (AvgIpc) is 2.78. The van der Waals surface area contributed by atoms with Gasteiger partial charge in [0.05, 0.1) is 34.4 Å². The number of ether oxygens (including phenoxy) is 2. The first-order valence-electron chi connectivity index (χ1n) is 13.2. The van der Waals surface area contributed by atoms with Gasteiger partial charge in [-0.1, -0.05) is 71.6 Å². The molecule has 0 heterocycles. The standard InChI is InChI=1S/C25H53NO7P/c1-7-9-11-13-15-17-20-30-22-24(33-25(27)18-16-14-12-10-8-2)23-32-34(28,29-6)31-21-19-26(3,4)5/h24H,7-23H2,1-6H3/q+1. The van der Waals surface area contributed by atoms with Gasteiger partial charge in [0.25, 0.3) is 0 Å². The third-order valence-corrected chi connectivity index (χ3v) is 6.79. The number of hydrogen-bond acceptors (Lipinski definition) is 7. The van der Waals surface area contributed by atoms with Crippen molar-refractivity contribution in [2.24, 2.45) is 0 Å². The molecule has 34 heavy (non-hydrogen) atoms. The number of hydrogen-bond donors (Lipinski definition) is 0. The van der Waals surface area contributed by atoms with Crippen molar-refractivity contribution < 1.29 is 36.9 Å². The average molecular weight is 511 g/mol. The Bertz CT molecular complexity index is 540. The Hall–Kier alpha value is -0.500. The maximum absolute atomic E-state index is 12.8. The lowest BCUT2D eigenvalue weighted by Gasteiger charge is -2.25. The maximum atomic E-state index is 12.8. The van der Waals surface area contributed by atoms with Crippen molar-refractivity contribution in [3.05, 3.63) is 0 Å². The molecule has 0 fully saturated rings. The fourth-order valence-corrected chi connectivity index (χ4v) is 4.12. The lowest BCUT2D eigenvalue weighted by atomic mass is 10.1. The molecule has 0 aromatic carbocycles. The second-order valence-electron chi connectivity index (χ2n) is 9.89. The van der Waals surface area contributed by atoms with Crippen molar-refractivity contribution in [1.82, 2.24) is 0 Å². The molecule has 2 atom stereocenters. The van der Waals surface area contributed by atoms with Crippen molar-refractivity contribution in [2.45, 2.75) is 97.0 Å². The molecule has 0 aliphatic rings. The summed E-state index contributed by atoms with van der Waals surface area (Å²) in [5.74, 6) is -0.286. The van der Waals surface area contributed by atoms with Gasteiger partial charge in [0.1, 0.15) is 19.3 Å². The summed E-state index contributed by atoms with van der Waals surface area (Å²) in [6.45, 7) is 5.93. The fourth-order valence-electron chi connectivity index (χ4n) is 3.18. The topological polar surface area (TPSA) is 80.3 Å². The molecule has 0 amide bonds. The van der Waals surface area contributed by atoms with Crippen molar-refractivity contribution in [1.29, 1.82) is 0 Å². The number of likely N-dealkylation sites (N-methyl/N-ethyl adjacent to an activating group) is 1. The molecule has 0 radical (unpaired) electrons. The van der Waals surface area contributed by atoms with E-state index in [0.29, 0.717) is 24.1 Å². The molecule has 0 aromatic rings. The van der Waals surface area contributed by atoms with E-state index in [1.54, 1.807) is 0 Å². The van der Waals surface area contributed by atoms with Crippen LogP contribution < -0.4 is 0 Å². The molecule has 204 valence electrons. The van der Waals surface area contributed by atoms with Crippen LogP contribution >= 0.6 is 7.82 Å². The van der Waals surface area contributed by atoms with Crippen LogP contribution in [0.25, 0.3) is 0 Å². The highest BCUT2D eigenvalue weighted by atomic mass is 31.2. The molecule has 0 aromatic heterocycles. The monoisotopic (exact) mass is 510 g/mol. The first-order valence-corrected chi connectivity index (χ1v) is 14.6. The van der Waals surface area contributed by atoms with E-state index in [4.69, 9.17) is 23.0 Å². The van der Waals surface area contributed by atoms with E-state index in [9.17, 15) is 9.36 Å². The number of rotatable bonds is 24. The van der Waals surface area contributed by atoms with Crippen LogP contribution in [0.5, 0.6) is 0 Å². The second kappa shape index (κ2) is 20.7. The third kappa shape index (κ3) is 20.8. The summed E-state index contributed by atoms with van der Waals surface area (Å²) < 4.78 is 40.7. The van der Waals surface area contributed by atoms with Crippen LogP contribution in [0.2, 0.25) is 0 Å². The first-order chi connectivity index (χ1) is 16.2. The Kier molecular flexibility index (Phi) is 20.4. The van der Waals surface area contributed by atoms with E-state index >= 15 is 0 Å². The summed E-state index contributed by atoms with van der Waals surface area (Å²) in [6.07, 6.45) is 12.0. The molecular formula is C25H53NO7P+. The van der Waals surface area contributed by atoms with Gasteiger partial charge < -0.3 is 14.0 Å². The number of phosphoric ester groups is 1. The highest BCUT2D eigenvalue weighted by molar-refractivity contribution is 7.48. The summed E-state index contributed by atoms with van der Waals surface area (Å²) in [6, 6.07) is 0.